The quantitative estimate of drug-likeness (QED) is 0.396. The Morgan fingerprint density at radius 2 is 1.66 bits per heavy atom. The van der Waals surface area contributed by atoms with Crippen molar-refractivity contribution in [3.05, 3.63) is 87.5 Å². The summed E-state index contributed by atoms with van der Waals surface area (Å²) in [6, 6.07) is 10.3. The van der Waals surface area contributed by atoms with Gasteiger partial charge >= 0.3 is 18.0 Å². The second kappa shape index (κ2) is 10.5. The van der Waals surface area contributed by atoms with Crippen molar-refractivity contribution in [2.75, 3.05) is 6.61 Å². The molecule has 4 atom stereocenters. The lowest BCUT2D eigenvalue weighted by Crippen LogP contribution is -2.40. The number of imidazole rings is 1. The number of ether oxygens (including phenoxy) is 2. The maximum atomic E-state index is 13.4. The van der Waals surface area contributed by atoms with Crippen molar-refractivity contribution in [3.8, 4) is 5.88 Å². The van der Waals surface area contributed by atoms with Crippen LogP contribution in [0.25, 0.3) is 0 Å². The number of aromatic nitrogens is 2. The summed E-state index contributed by atoms with van der Waals surface area (Å²) in [6.45, 7) is 1.63. The number of halogens is 6. The maximum absolute atomic E-state index is 13.4. The van der Waals surface area contributed by atoms with Crippen LogP contribution in [0.15, 0.2) is 59.5 Å². The fraction of sp³-hybridized carbons (Fsp3) is 0.423. The van der Waals surface area contributed by atoms with Crippen LogP contribution >= 0.6 is 0 Å². The van der Waals surface area contributed by atoms with Gasteiger partial charge in [0, 0.05) is 19.5 Å². The minimum absolute atomic E-state index is 0.0696. The van der Waals surface area contributed by atoms with E-state index in [1.54, 1.807) is 30.3 Å². The molecular formula is C26H26F6N2O4. The normalized spacial score (nSPS) is 21.4. The number of hydrogen-bond acceptors (Lipinski definition) is 4. The van der Waals surface area contributed by atoms with Crippen LogP contribution in [0.4, 0.5) is 26.3 Å². The maximum Gasteiger partial charge on any atom is 0.416 e. The number of hydrogen-bond donors (Lipinski definition) is 1. The molecule has 6 nitrogen and oxygen atoms in total. The smallest absolute Gasteiger partial charge is 0.416 e. The Hall–Kier alpha value is -3.25. The van der Waals surface area contributed by atoms with E-state index in [2.05, 4.69) is 0 Å². The van der Waals surface area contributed by atoms with Gasteiger partial charge in [0.05, 0.1) is 30.0 Å². The zero-order valence-electron chi connectivity index (χ0n) is 20.5. The Labute approximate surface area is 214 Å². The van der Waals surface area contributed by atoms with E-state index in [1.165, 1.54) is 29.3 Å². The largest absolute Gasteiger partial charge is 0.493 e. The Morgan fingerprint density at radius 3 is 2.18 bits per heavy atom. The summed E-state index contributed by atoms with van der Waals surface area (Å²) >= 11 is 0. The fourth-order valence-electron chi connectivity index (χ4n) is 4.76. The zero-order valence-corrected chi connectivity index (χ0v) is 20.5. The van der Waals surface area contributed by atoms with Gasteiger partial charge in [0.2, 0.25) is 5.88 Å². The van der Waals surface area contributed by atoms with Crippen molar-refractivity contribution in [2.45, 2.75) is 50.6 Å². The molecule has 3 aromatic rings. The van der Waals surface area contributed by atoms with Crippen molar-refractivity contribution >= 4 is 0 Å². The molecule has 0 spiro atoms. The number of alkyl halides is 6. The highest BCUT2D eigenvalue weighted by Crippen LogP contribution is 2.42. The van der Waals surface area contributed by atoms with Gasteiger partial charge in [-0.1, -0.05) is 30.3 Å². The van der Waals surface area contributed by atoms with E-state index >= 15 is 0 Å². The molecule has 12 heteroatoms. The molecule has 38 heavy (non-hydrogen) atoms. The molecule has 1 fully saturated rings. The minimum Gasteiger partial charge on any atom is -0.493 e. The predicted molar refractivity (Wildman–Crippen MR) is 124 cm³/mol. The number of aromatic hydroxyl groups is 1. The first-order valence-corrected chi connectivity index (χ1v) is 11.8. The molecule has 1 saturated heterocycles. The average Bonchev–Trinajstić information content (AvgIpc) is 3.09. The third-order valence-corrected chi connectivity index (χ3v) is 6.71. The number of benzene rings is 2. The van der Waals surface area contributed by atoms with Crippen molar-refractivity contribution in [3.63, 3.8) is 0 Å². The van der Waals surface area contributed by atoms with E-state index < -0.39 is 47.5 Å². The molecule has 2 aromatic carbocycles. The molecular weight excluding hydrogens is 518 g/mol. The number of aryl methyl sites for hydroxylation is 1. The van der Waals surface area contributed by atoms with Crippen LogP contribution in [0.2, 0.25) is 0 Å². The van der Waals surface area contributed by atoms with Gasteiger partial charge in [0.1, 0.15) is 0 Å². The van der Waals surface area contributed by atoms with Crippen molar-refractivity contribution in [1.82, 2.24) is 9.13 Å². The summed E-state index contributed by atoms with van der Waals surface area (Å²) in [6.07, 6.45) is -10.5. The molecule has 0 amide bonds. The van der Waals surface area contributed by atoms with Crippen LogP contribution in [-0.2, 0) is 35.4 Å². The van der Waals surface area contributed by atoms with Crippen LogP contribution in [0.1, 0.15) is 47.6 Å². The van der Waals surface area contributed by atoms with Gasteiger partial charge in [0.15, 0.2) is 6.29 Å². The highest BCUT2D eigenvalue weighted by Gasteiger charge is 2.40. The van der Waals surface area contributed by atoms with E-state index in [1.807, 2.05) is 0 Å². The fourth-order valence-corrected chi connectivity index (χ4v) is 4.76. The first kappa shape index (κ1) is 27.8. The molecule has 4 rings (SSSR count). The molecule has 206 valence electrons. The molecule has 0 saturated carbocycles. The van der Waals surface area contributed by atoms with Gasteiger partial charge in [0.25, 0.3) is 0 Å². The summed E-state index contributed by atoms with van der Waals surface area (Å²) in [5, 5.41) is 10.2. The van der Waals surface area contributed by atoms with E-state index in [4.69, 9.17) is 9.47 Å². The summed E-state index contributed by atoms with van der Waals surface area (Å²) in [5.74, 6) is -1.07. The van der Waals surface area contributed by atoms with Crippen LogP contribution in [-0.4, -0.2) is 27.1 Å². The lowest BCUT2D eigenvalue weighted by molar-refractivity contribution is -0.210. The van der Waals surface area contributed by atoms with E-state index in [9.17, 15) is 36.2 Å². The second-order valence-electron chi connectivity index (χ2n) is 9.33. The Morgan fingerprint density at radius 1 is 1.05 bits per heavy atom. The molecule has 0 radical (unpaired) electrons. The van der Waals surface area contributed by atoms with Crippen molar-refractivity contribution < 1.29 is 40.9 Å². The molecule has 0 unspecified atom stereocenters. The summed E-state index contributed by atoms with van der Waals surface area (Å²) < 4.78 is 94.6. The Bertz CT molecular complexity index is 1280. The molecule has 0 bridgehead atoms. The summed E-state index contributed by atoms with van der Waals surface area (Å²) in [5.41, 5.74) is -2.85. The highest BCUT2D eigenvalue weighted by molar-refractivity contribution is 5.35. The number of rotatable bonds is 6. The highest BCUT2D eigenvalue weighted by atomic mass is 19.4. The molecule has 1 aromatic heterocycles. The predicted octanol–water partition coefficient (Wildman–Crippen LogP) is 5.85. The van der Waals surface area contributed by atoms with E-state index in [-0.39, 0.29) is 36.6 Å². The first-order valence-electron chi connectivity index (χ1n) is 11.8. The Balaban J connectivity index is 1.68. The third-order valence-electron chi connectivity index (χ3n) is 6.71. The van der Waals surface area contributed by atoms with Gasteiger partial charge in [-0.2, -0.15) is 26.3 Å². The second-order valence-corrected chi connectivity index (χ2v) is 9.33. The lowest BCUT2D eigenvalue weighted by atomic mass is 9.81. The van der Waals surface area contributed by atoms with Gasteiger partial charge in [-0.15, -0.1) is 0 Å². The van der Waals surface area contributed by atoms with Crippen molar-refractivity contribution in [2.24, 2.45) is 13.0 Å². The molecule has 2 heterocycles. The SMILES string of the molecule is C[C@@H](O[C@H]1OCC[C@@H](Cn2c(O)cn(C)c2=O)[C@@H]1c1ccccc1)c1cc(C(F)(F)F)cc(C(F)(F)F)c1. The lowest BCUT2D eigenvalue weighted by Gasteiger charge is -2.39. The van der Waals surface area contributed by atoms with Gasteiger partial charge in [-0.3, -0.25) is 9.13 Å². The van der Waals surface area contributed by atoms with Crippen LogP contribution in [0.3, 0.4) is 0 Å². The average molecular weight is 544 g/mol. The van der Waals surface area contributed by atoms with Crippen LogP contribution in [0.5, 0.6) is 5.88 Å². The van der Waals surface area contributed by atoms with Crippen molar-refractivity contribution in [1.29, 1.82) is 0 Å². The van der Waals surface area contributed by atoms with E-state index in [0.29, 0.717) is 18.6 Å². The topological polar surface area (TPSA) is 65.6 Å². The monoisotopic (exact) mass is 544 g/mol. The summed E-state index contributed by atoms with van der Waals surface area (Å²) in [4.78, 5) is 12.5. The Kier molecular flexibility index (Phi) is 7.67. The molecule has 1 aliphatic heterocycles. The zero-order chi connectivity index (χ0) is 27.8. The molecule has 0 aliphatic carbocycles. The standard InChI is InChI=1S/C26H26F6N2O4/c1-15(18-10-19(25(27,28)29)12-20(11-18)26(30,31)32)38-23-22(16-6-4-3-5-7-16)17(8-9-37-23)13-34-21(35)14-33(2)24(34)36/h3-7,10-12,14-15,17,22-23,35H,8-9,13H2,1-2H3/t15-,17+,22+,23-/m1/s1. The third kappa shape index (κ3) is 5.91. The molecule has 1 N–H and O–H groups in total. The summed E-state index contributed by atoms with van der Waals surface area (Å²) in [7, 11) is 1.50. The van der Waals surface area contributed by atoms with Gasteiger partial charge in [-0.25, -0.2) is 4.79 Å². The van der Waals surface area contributed by atoms with Gasteiger partial charge < -0.3 is 14.6 Å². The van der Waals surface area contributed by atoms with Crippen LogP contribution < -0.4 is 5.69 Å². The van der Waals surface area contributed by atoms with Gasteiger partial charge in [-0.05, 0) is 48.6 Å². The number of nitrogens with zero attached hydrogens (tertiary/aromatic N) is 2. The van der Waals surface area contributed by atoms with E-state index in [0.717, 1.165) is 5.56 Å². The van der Waals surface area contributed by atoms with Crippen LogP contribution in [0, 0.1) is 5.92 Å². The minimum atomic E-state index is -4.99. The first-order chi connectivity index (χ1) is 17.8. The molecule has 1 aliphatic rings.